The Hall–Kier alpha value is -3.28. The standard InChI is InChI=1S/C24H22F5N3O3S/c25-9-2-1-3-15-11-16(24(27,28)29)4-6-19(15)20-8-10-35-22-12-18(5-7-21(20)22)36(33,34)32-23-30-13-17(26)14-31-23/h4-7,11-14,20H,1-3,8-10H2,(H,30,31,32). The number of nitrogens with one attached hydrogen (secondary N) is 1. The van der Waals surface area contributed by atoms with Crippen LogP contribution in [0, 0.1) is 5.82 Å². The molecular weight excluding hydrogens is 505 g/mol. The van der Waals surface area contributed by atoms with E-state index in [1.54, 1.807) is 6.07 Å². The minimum absolute atomic E-state index is 0.148. The first-order valence-electron chi connectivity index (χ1n) is 11.1. The highest BCUT2D eigenvalue weighted by atomic mass is 32.2. The minimum atomic E-state index is -4.51. The van der Waals surface area contributed by atoms with Crippen LogP contribution in [-0.2, 0) is 22.6 Å². The van der Waals surface area contributed by atoms with Gasteiger partial charge in [-0.25, -0.2) is 27.5 Å². The molecule has 12 heteroatoms. The predicted octanol–water partition coefficient (Wildman–Crippen LogP) is 5.64. The number of aryl methyl sites for hydroxylation is 1. The predicted molar refractivity (Wildman–Crippen MR) is 122 cm³/mol. The van der Waals surface area contributed by atoms with Crippen LogP contribution in [0.3, 0.4) is 0 Å². The molecule has 2 heterocycles. The summed E-state index contributed by atoms with van der Waals surface area (Å²) in [6, 6.07) is 7.79. The van der Waals surface area contributed by atoms with E-state index in [1.807, 2.05) is 0 Å². The molecule has 0 bridgehead atoms. The molecule has 6 nitrogen and oxygen atoms in total. The zero-order chi connectivity index (χ0) is 25.9. The molecular formula is C24H22F5N3O3S. The van der Waals surface area contributed by atoms with Crippen molar-refractivity contribution in [3.63, 3.8) is 0 Å². The van der Waals surface area contributed by atoms with Crippen LogP contribution in [0.2, 0.25) is 0 Å². The molecule has 1 aliphatic rings. The maximum absolute atomic E-state index is 13.3. The number of nitrogens with zero attached hydrogens (tertiary/aromatic N) is 2. The van der Waals surface area contributed by atoms with Crippen molar-refractivity contribution in [3.8, 4) is 5.75 Å². The van der Waals surface area contributed by atoms with Gasteiger partial charge in [0.2, 0.25) is 5.95 Å². The fourth-order valence-electron chi connectivity index (χ4n) is 4.15. The second-order valence-electron chi connectivity index (χ2n) is 8.28. The van der Waals surface area contributed by atoms with E-state index in [0.717, 1.165) is 24.5 Å². The molecule has 0 aliphatic carbocycles. The van der Waals surface area contributed by atoms with E-state index in [9.17, 15) is 30.4 Å². The maximum atomic E-state index is 13.3. The molecule has 0 amide bonds. The lowest BCUT2D eigenvalue weighted by atomic mass is 9.82. The highest BCUT2D eigenvalue weighted by Crippen LogP contribution is 2.42. The zero-order valence-corrected chi connectivity index (χ0v) is 19.7. The summed E-state index contributed by atoms with van der Waals surface area (Å²) in [7, 11) is -4.12. The van der Waals surface area contributed by atoms with Crippen LogP contribution in [0.1, 0.15) is 47.4 Å². The average molecular weight is 528 g/mol. The van der Waals surface area contributed by atoms with Gasteiger partial charge in [-0.15, -0.1) is 0 Å². The molecule has 0 radical (unpaired) electrons. The lowest BCUT2D eigenvalue weighted by Gasteiger charge is -2.29. The van der Waals surface area contributed by atoms with E-state index in [1.165, 1.54) is 18.2 Å². The normalized spacial score (nSPS) is 15.8. The van der Waals surface area contributed by atoms with Crippen molar-refractivity contribution in [1.82, 2.24) is 9.97 Å². The molecule has 3 aromatic rings. The fraction of sp³-hybridized carbons (Fsp3) is 0.333. The first-order chi connectivity index (χ1) is 17.1. The summed E-state index contributed by atoms with van der Waals surface area (Å²) in [4.78, 5) is 7.02. The SMILES string of the molecule is O=S(=O)(Nc1ncc(F)cn1)c1ccc2c(c1)OCCC2c1ccc(C(F)(F)F)cc1CCCCF. The van der Waals surface area contributed by atoms with E-state index in [0.29, 0.717) is 29.5 Å². The zero-order valence-electron chi connectivity index (χ0n) is 18.9. The summed E-state index contributed by atoms with van der Waals surface area (Å²) in [5, 5.41) is 0. The quantitative estimate of drug-likeness (QED) is 0.303. The molecule has 0 saturated heterocycles. The number of hydrogen-bond donors (Lipinski definition) is 1. The van der Waals surface area contributed by atoms with Crippen molar-refractivity contribution < 1.29 is 35.1 Å². The Kier molecular flexibility index (Phi) is 7.43. The van der Waals surface area contributed by atoms with Crippen LogP contribution in [0.25, 0.3) is 0 Å². The molecule has 1 aromatic heterocycles. The smallest absolute Gasteiger partial charge is 0.416 e. The third kappa shape index (κ3) is 5.75. The number of aromatic nitrogens is 2. The van der Waals surface area contributed by atoms with E-state index in [2.05, 4.69) is 14.7 Å². The molecule has 2 aromatic carbocycles. The van der Waals surface area contributed by atoms with E-state index >= 15 is 0 Å². The number of benzene rings is 2. The van der Waals surface area contributed by atoms with Gasteiger partial charge in [-0.3, -0.25) is 4.39 Å². The lowest BCUT2D eigenvalue weighted by Crippen LogP contribution is -2.19. The Labute approximate surface area is 204 Å². The molecule has 0 spiro atoms. The summed E-state index contributed by atoms with van der Waals surface area (Å²) < 4.78 is 99.0. The highest BCUT2D eigenvalue weighted by molar-refractivity contribution is 7.92. The van der Waals surface area contributed by atoms with Gasteiger partial charge in [0, 0.05) is 17.5 Å². The van der Waals surface area contributed by atoms with E-state index in [-0.39, 0.29) is 42.0 Å². The number of rotatable bonds is 8. The first-order valence-corrected chi connectivity index (χ1v) is 12.6. The van der Waals surface area contributed by atoms with Crippen molar-refractivity contribution in [3.05, 3.63) is 76.9 Å². The van der Waals surface area contributed by atoms with Crippen LogP contribution >= 0.6 is 0 Å². The second kappa shape index (κ2) is 10.4. The largest absolute Gasteiger partial charge is 0.493 e. The fourth-order valence-corrected chi connectivity index (χ4v) is 5.13. The van der Waals surface area contributed by atoms with Crippen molar-refractivity contribution in [2.24, 2.45) is 0 Å². The van der Waals surface area contributed by atoms with Crippen LogP contribution < -0.4 is 9.46 Å². The van der Waals surface area contributed by atoms with Gasteiger partial charge in [0.1, 0.15) is 5.75 Å². The number of sulfonamides is 1. The van der Waals surface area contributed by atoms with Gasteiger partial charge >= 0.3 is 6.18 Å². The number of alkyl halides is 4. The van der Waals surface area contributed by atoms with Crippen LogP contribution in [0.15, 0.2) is 53.7 Å². The Bertz CT molecular complexity index is 1330. The van der Waals surface area contributed by atoms with Gasteiger partial charge in [0.25, 0.3) is 10.0 Å². The lowest BCUT2D eigenvalue weighted by molar-refractivity contribution is -0.137. The third-order valence-electron chi connectivity index (χ3n) is 5.86. The Balaban J connectivity index is 1.67. The molecule has 1 atom stereocenters. The van der Waals surface area contributed by atoms with Gasteiger partial charge in [0.15, 0.2) is 5.82 Å². The summed E-state index contributed by atoms with van der Waals surface area (Å²) in [6.07, 6.45) is -1.47. The number of hydrogen-bond acceptors (Lipinski definition) is 5. The van der Waals surface area contributed by atoms with Gasteiger partial charge in [0.05, 0.1) is 36.1 Å². The number of unbranched alkanes of at least 4 members (excludes halogenated alkanes) is 1. The van der Waals surface area contributed by atoms with Gasteiger partial charge in [-0.05, 0) is 55.0 Å². The summed E-state index contributed by atoms with van der Waals surface area (Å²) in [5.41, 5.74) is 0.997. The van der Waals surface area contributed by atoms with Crippen molar-refractivity contribution in [1.29, 1.82) is 0 Å². The highest BCUT2D eigenvalue weighted by Gasteiger charge is 2.33. The van der Waals surface area contributed by atoms with Crippen molar-refractivity contribution in [2.45, 2.75) is 42.7 Å². The molecule has 192 valence electrons. The van der Waals surface area contributed by atoms with Crippen LogP contribution in [0.5, 0.6) is 5.75 Å². The van der Waals surface area contributed by atoms with Gasteiger partial charge in [-0.1, -0.05) is 12.1 Å². The average Bonchev–Trinajstić information content (AvgIpc) is 2.84. The van der Waals surface area contributed by atoms with Crippen molar-refractivity contribution in [2.75, 3.05) is 18.0 Å². The van der Waals surface area contributed by atoms with E-state index in [4.69, 9.17) is 4.74 Å². The maximum Gasteiger partial charge on any atom is 0.416 e. The van der Waals surface area contributed by atoms with Gasteiger partial charge < -0.3 is 4.74 Å². The van der Waals surface area contributed by atoms with Crippen LogP contribution in [0.4, 0.5) is 27.9 Å². The molecule has 1 unspecified atom stereocenters. The molecule has 0 saturated carbocycles. The van der Waals surface area contributed by atoms with Crippen LogP contribution in [-0.4, -0.2) is 31.7 Å². The molecule has 1 aliphatic heterocycles. The number of anilines is 1. The van der Waals surface area contributed by atoms with Crippen molar-refractivity contribution >= 4 is 16.0 Å². The topological polar surface area (TPSA) is 81.2 Å². The number of halogens is 5. The molecule has 36 heavy (non-hydrogen) atoms. The molecule has 4 rings (SSSR count). The molecule has 0 fully saturated rings. The Morgan fingerprint density at radius 2 is 1.75 bits per heavy atom. The Morgan fingerprint density at radius 1 is 1.03 bits per heavy atom. The third-order valence-corrected chi connectivity index (χ3v) is 7.18. The minimum Gasteiger partial charge on any atom is -0.493 e. The second-order valence-corrected chi connectivity index (χ2v) is 9.96. The first kappa shape index (κ1) is 25.8. The monoisotopic (exact) mass is 527 g/mol. The summed E-state index contributed by atoms with van der Waals surface area (Å²) in [5.74, 6) is -1.08. The molecule has 1 N–H and O–H groups in total. The number of ether oxygens (including phenoxy) is 1. The number of fused-ring (bicyclic) bond motifs is 1. The summed E-state index contributed by atoms with van der Waals surface area (Å²) >= 11 is 0. The Morgan fingerprint density at radius 3 is 2.44 bits per heavy atom. The van der Waals surface area contributed by atoms with Gasteiger partial charge in [-0.2, -0.15) is 13.2 Å². The van der Waals surface area contributed by atoms with E-state index < -0.39 is 34.3 Å². The summed E-state index contributed by atoms with van der Waals surface area (Å²) in [6.45, 7) is -0.330.